The van der Waals surface area contributed by atoms with Crippen LogP contribution in [0.3, 0.4) is 0 Å². The smallest absolute Gasteiger partial charge is 0.252 e. The van der Waals surface area contributed by atoms with Crippen LogP contribution in [0.2, 0.25) is 0 Å². The summed E-state index contributed by atoms with van der Waals surface area (Å²) in [6, 6.07) is 75.8. The van der Waals surface area contributed by atoms with Crippen molar-refractivity contribution in [1.29, 1.82) is 0 Å². The lowest BCUT2D eigenvalue weighted by Gasteiger charge is -2.53. The molecule has 86 heavy (non-hydrogen) atoms. The Morgan fingerprint density at radius 1 is 0.488 bits per heavy atom. The van der Waals surface area contributed by atoms with Gasteiger partial charge in [-0.05, 0) is 205 Å². The maximum atomic E-state index is 3.40. The molecule has 0 amide bonds. The SMILES string of the molecule is CC1CCC(C)(C)c2cc3c(cc21)N(c1ccc(C(C)(C)C)cc1C1=CC=C=C=C1)c1cc(N2c4ccc(C(C)(C)C)cc4C4(c5ccccc5)CCCCC24C)cc2c1B3c1cc(-c3ccccc3)ccc1N2c1ccc(-c2ccccc2)cc1. The number of benzene rings is 9. The van der Waals surface area contributed by atoms with Crippen LogP contribution in [0.15, 0.2) is 224 Å². The Hall–Kier alpha value is -8.52. The minimum atomic E-state index is -0.321. The van der Waals surface area contributed by atoms with Gasteiger partial charge in [-0.1, -0.05) is 226 Å². The van der Waals surface area contributed by atoms with Gasteiger partial charge in [-0.2, -0.15) is 0 Å². The summed E-state index contributed by atoms with van der Waals surface area (Å²) in [5, 5.41) is 0. The quantitative estimate of drug-likeness (QED) is 0.116. The maximum Gasteiger partial charge on any atom is 0.252 e. The van der Waals surface area contributed by atoms with E-state index < -0.39 is 0 Å². The Kier molecular flexibility index (Phi) is 12.4. The van der Waals surface area contributed by atoms with Gasteiger partial charge in [0.05, 0.1) is 11.2 Å². The molecule has 0 saturated heterocycles. The molecule has 15 rings (SSSR count). The number of allylic oxidation sites excluding steroid dienone is 4. The first-order valence-corrected chi connectivity index (χ1v) is 31.8. The molecule has 4 heteroatoms. The van der Waals surface area contributed by atoms with E-state index in [2.05, 4.69) is 302 Å². The number of anilines is 8. The fourth-order valence-corrected chi connectivity index (χ4v) is 16.4. The van der Waals surface area contributed by atoms with E-state index in [-0.39, 0.29) is 33.9 Å². The molecule has 9 aromatic carbocycles. The molecule has 3 atom stereocenters. The Bertz CT molecular complexity index is 4350. The third-order valence-electron chi connectivity index (χ3n) is 21.1. The standard InChI is InChI=1S/C82H78BN3/c1-54-43-46-80(8,9)67-53-70-74(52-65(54)67)85(71-41-36-61(78(2,3)4)48-66(71)58-29-19-13-20-30-58)76-51-64(86-72-42-37-62(79(5,6)7)49-68(72)82(60-31-21-14-22-32-60)45-24-23-44-81(82,86)10)50-75-77(76)83(70)69-47-59(56-27-17-12-18-28-56)35-40-73(69)84(75)63-38-33-57(34-39-63)55-25-15-11-16-26-55/h11-12,14-19,21-22,25-42,47-54H,23-24,43-46H2,1-10H3. The molecule has 424 valence electrons. The molecule has 3 aliphatic carbocycles. The van der Waals surface area contributed by atoms with Crippen molar-refractivity contribution in [2.45, 2.75) is 141 Å². The topological polar surface area (TPSA) is 9.72 Å². The van der Waals surface area contributed by atoms with Gasteiger partial charge in [0.1, 0.15) is 0 Å². The lowest BCUT2D eigenvalue weighted by atomic mass is 9.33. The van der Waals surface area contributed by atoms with E-state index in [9.17, 15) is 0 Å². The second-order valence-electron chi connectivity index (χ2n) is 28.6. The van der Waals surface area contributed by atoms with Gasteiger partial charge in [-0.15, -0.1) is 0 Å². The first-order chi connectivity index (χ1) is 41.4. The summed E-state index contributed by atoms with van der Waals surface area (Å²) in [6.45, 7) is 24.1. The maximum absolute atomic E-state index is 3.40. The summed E-state index contributed by atoms with van der Waals surface area (Å²) in [6.07, 6.45) is 13.2. The normalized spacial score (nSPS) is 20.4. The Labute approximate surface area is 511 Å². The van der Waals surface area contributed by atoms with E-state index in [1.54, 1.807) is 0 Å². The first kappa shape index (κ1) is 54.2. The second-order valence-corrected chi connectivity index (χ2v) is 28.6. The second kappa shape index (κ2) is 19.8. The number of fused-ring (bicyclic) bond motifs is 8. The van der Waals surface area contributed by atoms with Crippen LogP contribution >= 0.6 is 0 Å². The van der Waals surface area contributed by atoms with E-state index in [4.69, 9.17) is 0 Å². The van der Waals surface area contributed by atoms with E-state index in [1.807, 2.05) is 6.08 Å². The zero-order chi connectivity index (χ0) is 59.1. The molecule has 9 aromatic rings. The minimum absolute atomic E-state index is 0.00281. The van der Waals surface area contributed by atoms with Gasteiger partial charge >= 0.3 is 0 Å². The highest BCUT2D eigenvalue weighted by molar-refractivity contribution is 7.00. The molecule has 3 unspecified atom stereocenters. The molecule has 1 fully saturated rings. The highest BCUT2D eigenvalue weighted by Gasteiger charge is 2.62. The number of hydrogen-bond acceptors (Lipinski definition) is 3. The Morgan fingerprint density at radius 2 is 1.08 bits per heavy atom. The van der Waals surface area contributed by atoms with Crippen molar-refractivity contribution in [2.75, 3.05) is 14.7 Å². The molecule has 6 aliphatic rings. The molecule has 3 aliphatic heterocycles. The zero-order valence-electron chi connectivity index (χ0n) is 51.9. The zero-order valence-corrected chi connectivity index (χ0v) is 51.9. The molecule has 1 saturated carbocycles. The van der Waals surface area contributed by atoms with E-state index in [1.165, 1.54) is 124 Å². The monoisotopic (exact) mass is 1120 g/mol. The molecule has 3 nitrogen and oxygen atoms in total. The summed E-state index contributed by atoms with van der Waals surface area (Å²) < 4.78 is 0. The summed E-state index contributed by atoms with van der Waals surface area (Å²) in [7, 11) is 0. The predicted octanol–water partition coefficient (Wildman–Crippen LogP) is 19.9. The third kappa shape index (κ3) is 8.31. The molecule has 0 aromatic heterocycles. The average Bonchev–Trinajstić information content (AvgIpc) is 1.31. The molecule has 0 N–H and O–H groups in total. The number of nitrogens with zero attached hydrogens (tertiary/aromatic N) is 3. The van der Waals surface area contributed by atoms with Crippen LogP contribution in [0.1, 0.15) is 153 Å². The van der Waals surface area contributed by atoms with Crippen LogP contribution in [-0.2, 0) is 21.7 Å². The summed E-state index contributed by atoms with van der Waals surface area (Å²) in [5.74, 6) is 0.407. The lowest BCUT2D eigenvalue weighted by molar-refractivity contribution is 0.215. The summed E-state index contributed by atoms with van der Waals surface area (Å²) in [4.78, 5) is 8.23. The molecule has 0 spiro atoms. The van der Waals surface area contributed by atoms with Crippen molar-refractivity contribution in [3.8, 4) is 22.3 Å². The van der Waals surface area contributed by atoms with Gasteiger partial charge in [0.25, 0.3) is 6.71 Å². The van der Waals surface area contributed by atoms with Crippen LogP contribution in [0, 0.1) is 0 Å². The molecular weight excluding hydrogens is 1040 g/mol. The van der Waals surface area contributed by atoms with Gasteiger partial charge in [0.15, 0.2) is 0 Å². The molecular formula is C82H78BN3. The van der Waals surface area contributed by atoms with Crippen LogP contribution in [0.5, 0.6) is 0 Å². The van der Waals surface area contributed by atoms with Crippen molar-refractivity contribution >= 4 is 74.2 Å². The van der Waals surface area contributed by atoms with Crippen LogP contribution in [0.25, 0.3) is 27.8 Å². The Morgan fingerprint density at radius 3 is 1.76 bits per heavy atom. The van der Waals surface area contributed by atoms with E-state index in [0.717, 1.165) is 43.4 Å². The van der Waals surface area contributed by atoms with Gasteiger partial charge in [-0.25, -0.2) is 0 Å². The third-order valence-corrected chi connectivity index (χ3v) is 21.1. The van der Waals surface area contributed by atoms with Crippen LogP contribution in [-0.4, -0.2) is 12.3 Å². The van der Waals surface area contributed by atoms with Crippen LogP contribution < -0.4 is 31.1 Å². The van der Waals surface area contributed by atoms with E-state index >= 15 is 0 Å². The largest absolute Gasteiger partial charge is 0.334 e. The van der Waals surface area contributed by atoms with Crippen molar-refractivity contribution in [3.05, 3.63) is 263 Å². The van der Waals surface area contributed by atoms with Crippen molar-refractivity contribution in [1.82, 2.24) is 0 Å². The summed E-state index contributed by atoms with van der Waals surface area (Å²) in [5.41, 5.74) is 35.4. The average molecular weight is 1120 g/mol. The van der Waals surface area contributed by atoms with E-state index in [0.29, 0.717) is 5.92 Å². The van der Waals surface area contributed by atoms with Gasteiger partial charge in [-0.3, -0.25) is 0 Å². The number of rotatable bonds is 7. The highest BCUT2D eigenvalue weighted by Crippen LogP contribution is 2.65. The van der Waals surface area contributed by atoms with Gasteiger partial charge in [0, 0.05) is 50.8 Å². The Balaban J connectivity index is 1.09. The van der Waals surface area contributed by atoms with Crippen LogP contribution in [0.4, 0.5) is 45.5 Å². The highest BCUT2D eigenvalue weighted by atomic mass is 15.3. The molecule has 0 bridgehead atoms. The minimum Gasteiger partial charge on any atom is -0.334 e. The fraction of sp³-hybridized carbons (Fsp3) is 0.268. The lowest BCUT2D eigenvalue weighted by Crippen LogP contribution is -2.62. The molecule has 0 radical (unpaired) electrons. The van der Waals surface area contributed by atoms with Crippen molar-refractivity contribution < 1.29 is 0 Å². The fourth-order valence-electron chi connectivity index (χ4n) is 16.4. The number of hydrogen-bond donors (Lipinski definition) is 0. The molecule has 3 heterocycles. The van der Waals surface area contributed by atoms with Gasteiger partial charge < -0.3 is 14.7 Å². The first-order valence-electron chi connectivity index (χ1n) is 31.8. The van der Waals surface area contributed by atoms with Crippen molar-refractivity contribution in [2.24, 2.45) is 0 Å². The predicted molar refractivity (Wildman–Crippen MR) is 366 cm³/mol. The summed E-state index contributed by atoms with van der Waals surface area (Å²) >= 11 is 0. The van der Waals surface area contributed by atoms with Crippen molar-refractivity contribution in [3.63, 3.8) is 0 Å². The van der Waals surface area contributed by atoms with Gasteiger partial charge in [0.2, 0.25) is 0 Å².